The van der Waals surface area contributed by atoms with Crippen LogP contribution < -0.4 is 5.43 Å². The Morgan fingerprint density at radius 1 is 1.19 bits per heavy atom. The number of nitrogens with zero attached hydrogens (tertiary/aromatic N) is 2. The molecule has 3 rings (SSSR count). The maximum Gasteiger partial charge on any atom is 0.258 e. The molecule has 0 unspecified atom stereocenters. The zero-order valence-corrected chi connectivity index (χ0v) is 16.4. The van der Waals surface area contributed by atoms with Crippen LogP contribution in [-0.4, -0.2) is 37.4 Å². The van der Waals surface area contributed by atoms with E-state index in [1.165, 1.54) is 10.5 Å². The minimum atomic E-state index is -3.73. The second-order valence-corrected chi connectivity index (χ2v) is 8.70. The van der Waals surface area contributed by atoms with E-state index in [0.717, 1.165) is 11.1 Å². The van der Waals surface area contributed by atoms with Gasteiger partial charge in [0.25, 0.3) is 5.91 Å². The molecule has 1 N–H and O–H groups in total. The molecule has 0 saturated carbocycles. The van der Waals surface area contributed by atoms with E-state index in [0.29, 0.717) is 24.4 Å². The Balaban J connectivity index is 1.70. The number of carbonyl (C=O) groups is 1. The van der Waals surface area contributed by atoms with Crippen molar-refractivity contribution in [3.8, 4) is 0 Å². The number of hydrogen-bond donors (Lipinski definition) is 1. The maximum atomic E-state index is 12.9. The third-order valence-electron chi connectivity index (χ3n) is 4.39. The third kappa shape index (κ3) is 4.55. The molecule has 1 fully saturated rings. The molecule has 0 aliphatic carbocycles. The molecule has 1 aliphatic heterocycles. The first kappa shape index (κ1) is 19.5. The zero-order chi connectivity index (χ0) is 19.4. The summed E-state index contributed by atoms with van der Waals surface area (Å²) in [6, 6.07) is 12.8. The monoisotopic (exact) mass is 405 g/mol. The van der Waals surface area contributed by atoms with Gasteiger partial charge < -0.3 is 0 Å². The predicted molar refractivity (Wildman–Crippen MR) is 105 cm³/mol. The lowest BCUT2D eigenvalue weighted by Gasteiger charge is -2.22. The molecular weight excluding hydrogens is 386 g/mol. The standard InChI is InChI=1S/C19H20ClN3O3S/c1-14-4-10-17(11-5-14)27(25,26)23-12-2-3-18(23)19(24)22-21-13-15-6-8-16(20)9-7-15/h4-11,13,18H,2-3,12H2,1H3,(H,22,24)/b21-13-/t18-/m0/s1. The summed E-state index contributed by atoms with van der Waals surface area (Å²) in [5, 5.41) is 4.54. The Kier molecular flexibility index (Phi) is 5.94. The molecule has 1 atom stereocenters. The molecule has 27 heavy (non-hydrogen) atoms. The molecule has 6 nitrogen and oxygen atoms in total. The van der Waals surface area contributed by atoms with Gasteiger partial charge in [0, 0.05) is 11.6 Å². The number of halogens is 1. The summed E-state index contributed by atoms with van der Waals surface area (Å²) in [7, 11) is -3.73. The van der Waals surface area contributed by atoms with Gasteiger partial charge in [-0.25, -0.2) is 13.8 Å². The van der Waals surface area contributed by atoms with Crippen molar-refractivity contribution in [2.45, 2.75) is 30.7 Å². The number of carbonyl (C=O) groups excluding carboxylic acids is 1. The first-order valence-electron chi connectivity index (χ1n) is 8.55. The largest absolute Gasteiger partial charge is 0.271 e. The molecule has 2 aromatic carbocycles. The summed E-state index contributed by atoms with van der Waals surface area (Å²) < 4.78 is 27.0. The second-order valence-electron chi connectivity index (χ2n) is 6.37. The molecule has 0 spiro atoms. The lowest BCUT2D eigenvalue weighted by Crippen LogP contribution is -2.44. The Labute approximate surface area is 163 Å². The van der Waals surface area contributed by atoms with Gasteiger partial charge in [-0.15, -0.1) is 0 Å². The van der Waals surface area contributed by atoms with Crippen LogP contribution in [0.15, 0.2) is 58.5 Å². The van der Waals surface area contributed by atoms with Crippen LogP contribution in [-0.2, 0) is 14.8 Å². The fourth-order valence-corrected chi connectivity index (χ4v) is 4.71. The summed E-state index contributed by atoms with van der Waals surface area (Å²) in [5.74, 6) is -0.437. The fraction of sp³-hybridized carbons (Fsp3) is 0.263. The van der Waals surface area contributed by atoms with Gasteiger partial charge in [0.15, 0.2) is 0 Å². The van der Waals surface area contributed by atoms with Crippen LogP contribution >= 0.6 is 11.6 Å². The van der Waals surface area contributed by atoms with Gasteiger partial charge in [-0.2, -0.15) is 9.41 Å². The molecule has 1 saturated heterocycles. The van der Waals surface area contributed by atoms with Crippen molar-refractivity contribution < 1.29 is 13.2 Å². The number of rotatable bonds is 5. The number of amides is 1. The Hall–Kier alpha value is -2.22. The highest BCUT2D eigenvalue weighted by Gasteiger charge is 2.39. The van der Waals surface area contributed by atoms with Crippen molar-refractivity contribution in [3.63, 3.8) is 0 Å². The lowest BCUT2D eigenvalue weighted by molar-refractivity contribution is -0.124. The molecule has 0 radical (unpaired) electrons. The molecular formula is C19H20ClN3O3S. The quantitative estimate of drug-likeness (QED) is 0.613. The topological polar surface area (TPSA) is 78.8 Å². The maximum absolute atomic E-state index is 12.9. The van der Waals surface area contributed by atoms with Crippen LogP contribution in [0.1, 0.15) is 24.0 Å². The van der Waals surface area contributed by atoms with Crippen molar-refractivity contribution in [1.82, 2.24) is 9.73 Å². The first-order chi connectivity index (χ1) is 12.9. The summed E-state index contributed by atoms with van der Waals surface area (Å²) in [6.45, 7) is 2.20. The molecule has 0 bridgehead atoms. The highest BCUT2D eigenvalue weighted by Crippen LogP contribution is 2.26. The van der Waals surface area contributed by atoms with Crippen LogP contribution in [0.5, 0.6) is 0 Å². The van der Waals surface area contributed by atoms with E-state index < -0.39 is 22.0 Å². The highest BCUT2D eigenvalue weighted by atomic mass is 35.5. The average molecular weight is 406 g/mol. The van der Waals surface area contributed by atoms with Crippen LogP contribution in [0, 0.1) is 6.92 Å². The van der Waals surface area contributed by atoms with Gasteiger partial charge in [-0.3, -0.25) is 4.79 Å². The van der Waals surface area contributed by atoms with Gasteiger partial charge >= 0.3 is 0 Å². The average Bonchev–Trinajstić information content (AvgIpc) is 3.14. The SMILES string of the molecule is Cc1ccc(S(=O)(=O)N2CCC[C@H]2C(=O)N/N=C\c2ccc(Cl)cc2)cc1. The number of sulfonamides is 1. The second kappa shape index (κ2) is 8.21. The minimum Gasteiger partial charge on any atom is -0.271 e. The molecule has 0 aromatic heterocycles. The van der Waals surface area contributed by atoms with Crippen molar-refractivity contribution in [1.29, 1.82) is 0 Å². The summed E-state index contributed by atoms with van der Waals surface area (Å²) in [6.07, 6.45) is 2.58. The number of benzene rings is 2. The van der Waals surface area contributed by atoms with Crippen molar-refractivity contribution in [2.24, 2.45) is 5.10 Å². The smallest absolute Gasteiger partial charge is 0.258 e. The first-order valence-corrected chi connectivity index (χ1v) is 10.4. The van der Waals surface area contributed by atoms with Crippen molar-refractivity contribution in [2.75, 3.05) is 6.54 Å². The highest BCUT2D eigenvalue weighted by molar-refractivity contribution is 7.89. The van der Waals surface area contributed by atoms with Gasteiger partial charge in [-0.1, -0.05) is 41.4 Å². The number of nitrogens with one attached hydrogen (secondary N) is 1. The Bertz CT molecular complexity index is 941. The predicted octanol–water partition coefficient (Wildman–Crippen LogP) is 2.95. The van der Waals surface area contributed by atoms with Crippen LogP contribution in [0.25, 0.3) is 0 Å². The van der Waals surface area contributed by atoms with Gasteiger partial charge in [-0.05, 0) is 49.6 Å². The molecule has 1 aliphatic rings. The van der Waals surface area contributed by atoms with E-state index in [1.54, 1.807) is 48.5 Å². The van der Waals surface area contributed by atoms with Gasteiger partial charge in [0.05, 0.1) is 11.1 Å². The van der Waals surface area contributed by atoms with E-state index in [2.05, 4.69) is 10.5 Å². The van der Waals surface area contributed by atoms with Crippen LogP contribution in [0.4, 0.5) is 0 Å². The number of hydrogen-bond acceptors (Lipinski definition) is 4. The van der Waals surface area contributed by atoms with E-state index in [9.17, 15) is 13.2 Å². The number of hydrazone groups is 1. The van der Waals surface area contributed by atoms with E-state index >= 15 is 0 Å². The van der Waals surface area contributed by atoms with Gasteiger partial charge in [0.2, 0.25) is 10.0 Å². The molecule has 8 heteroatoms. The molecule has 142 valence electrons. The molecule has 2 aromatic rings. The lowest BCUT2D eigenvalue weighted by atomic mass is 10.2. The van der Waals surface area contributed by atoms with Gasteiger partial charge in [0.1, 0.15) is 6.04 Å². The Morgan fingerprint density at radius 2 is 1.85 bits per heavy atom. The zero-order valence-electron chi connectivity index (χ0n) is 14.8. The minimum absolute atomic E-state index is 0.192. The van der Waals surface area contributed by atoms with Crippen molar-refractivity contribution in [3.05, 3.63) is 64.7 Å². The third-order valence-corrected chi connectivity index (χ3v) is 6.57. The molecule has 1 amide bonds. The summed E-state index contributed by atoms with van der Waals surface area (Å²) in [5.41, 5.74) is 4.19. The van der Waals surface area contributed by atoms with Crippen molar-refractivity contribution >= 4 is 33.7 Å². The fourth-order valence-electron chi connectivity index (χ4n) is 2.93. The summed E-state index contributed by atoms with van der Waals surface area (Å²) in [4.78, 5) is 12.7. The van der Waals surface area contributed by atoms with E-state index in [-0.39, 0.29) is 4.90 Å². The van der Waals surface area contributed by atoms with E-state index in [4.69, 9.17) is 11.6 Å². The summed E-state index contributed by atoms with van der Waals surface area (Å²) >= 11 is 5.82. The normalized spacial score (nSPS) is 18.1. The van der Waals surface area contributed by atoms with Crippen LogP contribution in [0.3, 0.4) is 0 Å². The number of aryl methyl sites for hydroxylation is 1. The Morgan fingerprint density at radius 3 is 2.52 bits per heavy atom. The van der Waals surface area contributed by atoms with E-state index in [1.807, 2.05) is 6.92 Å². The van der Waals surface area contributed by atoms with Crippen LogP contribution in [0.2, 0.25) is 5.02 Å². The molecule has 1 heterocycles.